The molecule has 0 heterocycles. The Bertz CT molecular complexity index is 577. The summed E-state index contributed by atoms with van der Waals surface area (Å²) in [5.74, 6) is 0.455. The fourth-order valence-electron chi connectivity index (χ4n) is 1.78. The van der Waals surface area contributed by atoms with Crippen LogP contribution in [-0.2, 0) is 0 Å². The van der Waals surface area contributed by atoms with Crippen molar-refractivity contribution in [1.82, 2.24) is 0 Å². The van der Waals surface area contributed by atoms with Gasteiger partial charge in [-0.3, -0.25) is 0 Å². The molecule has 1 unspecified atom stereocenters. The Morgan fingerprint density at radius 1 is 1.25 bits per heavy atom. The summed E-state index contributed by atoms with van der Waals surface area (Å²) in [6, 6.07) is 12.6. The molecule has 2 rings (SSSR count). The zero-order valence-electron chi connectivity index (χ0n) is 11.0. The minimum atomic E-state index is -0.376. The van der Waals surface area contributed by atoms with E-state index in [2.05, 4.69) is 15.9 Å². The molecule has 5 heteroatoms. The van der Waals surface area contributed by atoms with Gasteiger partial charge in [0.2, 0.25) is 0 Å². The summed E-state index contributed by atoms with van der Waals surface area (Å²) >= 11 is 4.99. The van der Waals surface area contributed by atoms with E-state index in [1.54, 1.807) is 30.0 Å². The third-order valence-electron chi connectivity index (χ3n) is 2.86. The molecule has 0 saturated heterocycles. The highest BCUT2D eigenvalue weighted by atomic mass is 79.9. The predicted octanol–water partition coefficient (Wildman–Crippen LogP) is 4.39. The molecule has 0 saturated carbocycles. The first kappa shape index (κ1) is 15.4. The molecule has 0 radical (unpaired) electrons. The Kier molecular flexibility index (Phi) is 5.46. The Labute approximate surface area is 130 Å². The van der Waals surface area contributed by atoms with Crippen molar-refractivity contribution in [3.8, 4) is 5.75 Å². The SMILES string of the molecule is COc1cccc(C(N)CSc2ccc(Br)cc2)c1F. The summed E-state index contributed by atoms with van der Waals surface area (Å²) in [6.45, 7) is 0. The quantitative estimate of drug-likeness (QED) is 0.807. The second-order valence-corrected chi connectivity index (χ2v) is 6.24. The molecule has 20 heavy (non-hydrogen) atoms. The Balaban J connectivity index is 2.05. The fourth-order valence-corrected chi connectivity index (χ4v) is 2.92. The second kappa shape index (κ2) is 7.11. The van der Waals surface area contributed by atoms with Crippen LogP contribution in [0.3, 0.4) is 0 Å². The largest absolute Gasteiger partial charge is 0.494 e. The van der Waals surface area contributed by atoms with Crippen molar-refractivity contribution >= 4 is 27.7 Å². The van der Waals surface area contributed by atoms with Gasteiger partial charge in [0, 0.05) is 26.7 Å². The molecule has 0 aliphatic carbocycles. The number of nitrogens with two attached hydrogens (primary N) is 1. The van der Waals surface area contributed by atoms with Crippen LogP contribution in [-0.4, -0.2) is 12.9 Å². The maximum absolute atomic E-state index is 14.1. The molecule has 0 aliphatic rings. The van der Waals surface area contributed by atoms with Crippen LogP contribution in [0.1, 0.15) is 11.6 Å². The van der Waals surface area contributed by atoms with Gasteiger partial charge in [0.05, 0.1) is 7.11 Å². The number of hydrogen-bond acceptors (Lipinski definition) is 3. The summed E-state index contributed by atoms with van der Waals surface area (Å²) < 4.78 is 20.1. The fraction of sp³-hybridized carbons (Fsp3) is 0.200. The summed E-state index contributed by atoms with van der Waals surface area (Å²) in [5, 5.41) is 0. The van der Waals surface area contributed by atoms with Crippen LogP contribution in [0.4, 0.5) is 4.39 Å². The van der Waals surface area contributed by atoms with Crippen LogP contribution in [0.15, 0.2) is 51.8 Å². The van der Waals surface area contributed by atoms with Crippen molar-refractivity contribution in [2.45, 2.75) is 10.9 Å². The normalized spacial score (nSPS) is 12.2. The van der Waals surface area contributed by atoms with Crippen LogP contribution in [0.25, 0.3) is 0 Å². The zero-order valence-corrected chi connectivity index (χ0v) is 13.4. The minimum absolute atomic E-state index is 0.228. The second-order valence-electron chi connectivity index (χ2n) is 4.23. The summed E-state index contributed by atoms with van der Waals surface area (Å²) in [6.07, 6.45) is 0. The summed E-state index contributed by atoms with van der Waals surface area (Å²) in [4.78, 5) is 1.10. The zero-order chi connectivity index (χ0) is 14.5. The number of methoxy groups -OCH3 is 1. The van der Waals surface area contributed by atoms with Gasteiger partial charge in [0.1, 0.15) is 0 Å². The van der Waals surface area contributed by atoms with E-state index < -0.39 is 0 Å². The highest BCUT2D eigenvalue weighted by Crippen LogP contribution is 2.28. The third kappa shape index (κ3) is 3.75. The van der Waals surface area contributed by atoms with E-state index in [4.69, 9.17) is 10.5 Å². The van der Waals surface area contributed by atoms with Gasteiger partial charge in [-0.25, -0.2) is 4.39 Å². The van der Waals surface area contributed by atoms with Gasteiger partial charge in [-0.15, -0.1) is 11.8 Å². The lowest BCUT2D eigenvalue weighted by Crippen LogP contribution is -2.15. The van der Waals surface area contributed by atoms with Crippen molar-refractivity contribution in [2.24, 2.45) is 5.73 Å². The highest BCUT2D eigenvalue weighted by molar-refractivity contribution is 9.10. The van der Waals surface area contributed by atoms with Crippen LogP contribution >= 0.6 is 27.7 Å². The van der Waals surface area contributed by atoms with E-state index in [0.717, 1.165) is 9.37 Å². The van der Waals surface area contributed by atoms with Crippen molar-refractivity contribution in [3.63, 3.8) is 0 Å². The third-order valence-corrected chi connectivity index (χ3v) is 4.52. The van der Waals surface area contributed by atoms with Gasteiger partial charge in [0.15, 0.2) is 11.6 Å². The van der Waals surface area contributed by atoms with Crippen molar-refractivity contribution in [3.05, 3.63) is 58.3 Å². The molecule has 0 aliphatic heterocycles. The average molecular weight is 356 g/mol. The van der Waals surface area contributed by atoms with Crippen LogP contribution in [0, 0.1) is 5.82 Å². The lowest BCUT2D eigenvalue weighted by Gasteiger charge is -2.14. The van der Waals surface area contributed by atoms with Crippen molar-refractivity contribution in [2.75, 3.05) is 12.9 Å². The van der Waals surface area contributed by atoms with E-state index in [-0.39, 0.29) is 17.6 Å². The number of halogens is 2. The number of thioether (sulfide) groups is 1. The maximum Gasteiger partial charge on any atom is 0.169 e. The molecule has 2 aromatic rings. The van der Waals surface area contributed by atoms with Crippen molar-refractivity contribution < 1.29 is 9.13 Å². The van der Waals surface area contributed by atoms with Crippen LogP contribution in [0.5, 0.6) is 5.75 Å². The smallest absolute Gasteiger partial charge is 0.169 e. The molecule has 2 N–H and O–H groups in total. The minimum Gasteiger partial charge on any atom is -0.494 e. The van der Waals surface area contributed by atoms with Crippen LogP contribution in [0.2, 0.25) is 0 Å². The molecule has 1 atom stereocenters. The molecule has 2 aromatic carbocycles. The Morgan fingerprint density at radius 3 is 2.60 bits per heavy atom. The molecular weight excluding hydrogens is 341 g/mol. The highest BCUT2D eigenvalue weighted by Gasteiger charge is 2.15. The molecule has 0 aromatic heterocycles. The van der Waals surface area contributed by atoms with Gasteiger partial charge in [0.25, 0.3) is 0 Å². The average Bonchev–Trinajstić information content (AvgIpc) is 2.46. The first-order valence-corrected chi connectivity index (χ1v) is 7.86. The topological polar surface area (TPSA) is 35.2 Å². The van der Waals surface area contributed by atoms with Crippen molar-refractivity contribution in [1.29, 1.82) is 0 Å². The first-order chi connectivity index (χ1) is 9.61. The molecule has 0 fully saturated rings. The molecule has 106 valence electrons. The standard InChI is InChI=1S/C15H15BrFNOS/c1-19-14-4-2-3-12(15(14)17)13(18)9-20-11-7-5-10(16)6-8-11/h2-8,13H,9,18H2,1H3. The number of benzene rings is 2. The number of hydrogen-bond donors (Lipinski definition) is 1. The molecule has 0 amide bonds. The van der Waals surface area contributed by atoms with E-state index in [1.807, 2.05) is 24.3 Å². The van der Waals surface area contributed by atoms with Gasteiger partial charge in [-0.2, -0.15) is 0 Å². The van der Waals surface area contributed by atoms with Gasteiger partial charge in [-0.05, 0) is 30.3 Å². The molecule has 0 bridgehead atoms. The van der Waals surface area contributed by atoms with Crippen LogP contribution < -0.4 is 10.5 Å². The van der Waals surface area contributed by atoms with E-state index in [1.165, 1.54) is 7.11 Å². The summed E-state index contributed by atoms with van der Waals surface area (Å²) in [5.41, 5.74) is 6.55. The number of ether oxygens (including phenoxy) is 1. The Hall–Kier alpha value is -1.04. The van der Waals surface area contributed by atoms with Gasteiger partial charge in [-0.1, -0.05) is 28.1 Å². The molecule has 0 spiro atoms. The van der Waals surface area contributed by atoms with Gasteiger partial charge >= 0.3 is 0 Å². The maximum atomic E-state index is 14.1. The van der Waals surface area contributed by atoms with E-state index >= 15 is 0 Å². The van der Waals surface area contributed by atoms with E-state index in [0.29, 0.717) is 11.3 Å². The van der Waals surface area contributed by atoms with E-state index in [9.17, 15) is 4.39 Å². The Morgan fingerprint density at radius 2 is 1.95 bits per heavy atom. The monoisotopic (exact) mass is 355 g/mol. The molecule has 2 nitrogen and oxygen atoms in total. The predicted molar refractivity (Wildman–Crippen MR) is 84.7 cm³/mol. The molecular formula is C15H15BrFNOS. The lowest BCUT2D eigenvalue weighted by molar-refractivity contribution is 0.383. The first-order valence-electron chi connectivity index (χ1n) is 6.08. The lowest BCUT2D eigenvalue weighted by atomic mass is 10.1. The summed E-state index contributed by atoms with van der Waals surface area (Å²) in [7, 11) is 1.45. The van der Waals surface area contributed by atoms with Gasteiger partial charge < -0.3 is 10.5 Å². The number of rotatable bonds is 5.